The Bertz CT molecular complexity index is 456. The molecule has 0 fully saturated rings. The molecule has 0 aromatic heterocycles. The SMILES string of the molecule is NC(CC(=O)Nc1c(F)cc(Br)cc1F)=NO. The number of carbonyl (C=O) groups is 1. The summed E-state index contributed by atoms with van der Waals surface area (Å²) in [4.78, 5) is 11.2. The molecule has 1 aromatic carbocycles. The van der Waals surface area contributed by atoms with Crippen molar-refractivity contribution in [2.75, 3.05) is 5.32 Å². The van der Waals surface area contributed by atoms with Crippen LogP contribution in [0.25, 0.3) is 0 Å². The summed E-state index contributed by atoms with van der Waals surface area (Å²) in [5, 5.41) is 12.8. The van der Waals surface area contributed by atoms with Gasteiger partial charge in [0.1, 0.15) is 11.5 Å². The van der Waals surface area contributed by atoms with Gasteiger partial charge in [0.25, 0.3) is 0 Å². The van der Waals surface area contributed by atoms with E-state index in [4.69, 9.17) is 10.9 Å². The van der Waals surface area contributed by atoms with Gasteiger partial charge in [0.05, 0.1) is 6.42 Å². The highest BCUT2D eigenvalue weighted by Gasteiger charge is 2.14. The Kier molecular flexibility index (Phi) is 4.38. The zero-order valence-electron chi connectivity index (χ0n) is 8.38. The summed E-state index contributed by atoms with van der Waals surface area (Å²) in [7, 11) is 0. The monoisotopic (exact) mass is 307 g/mol. The number of halogens is 3. The van der Waals surface area contributed by atoms with E-state index in [0.717, 1.165) is 12.1 Å². The van der Waals surface area contributed by atoms with Gasteiger partial charge in [-0.3, -0.25) is 4.79 Å². The van der Waals surface area contributed by atoms with Gasteiger partial charge in [0, 0.05) is 4.47 Å². The number of carbonyl (C=O) groups excluding carboxylic acids is 1. The number of benzene rings is 1. The Morgan fingerprint density at radius 1 is 1.47 bits per heavy atom. The van der Waals surface area contributed by atoms with Gasteiger partial charge >= 0.3 is 0 Å². The van der Waals surface area contributed by atoms with Crippen molar-refractivity contribution < 1.29 is 18.8 Å². The van der Waals surface area contributed by atoms with Crippen LogP contribution >= 0.6 is 15.9 Å². The largest absolute Gasteiger partial charge is 0.409 e. The molecule has 0 heterocycles. The Balaban J connectivity index is 2.85. The van der Waals surface area contributed by atoms with Gasteiger partial charge in [0.15, 0.2) is 11.6 Å². The predicted octanol–water partition coefficient (Wildman–Crippen LogP) is 1.80. The highest BCUT2D eigenvalue weighted by molar-refractivity contribution is 9.10. The number of amidine groups is 1. The number of amides is 1. The van der Waals surface area contributed by atoms with Crippen LogP contribution in [-0.2, 0) is 4.79 Å². The molecule has 0 bridgehead atoms. The minimum absolute atomic E-state index is 0.210. The van der Waals surface area contributed by atoms with Crippen molar-refractivity contribution in [3.63, 3.8) is 0 Å². The van der Waals surface area contributed by atoms with E-state index in [-0.39, 0.29) is 10.3 Å². The average Bonchev–Trinajstić information content (AvgIpc) is 2.23. The van der Waals surface area contributed by atoms with E-state index in [0.29, 0.717) is 0 Å². The van der Waals surface area contributed by atoms with Crippen LogP contribution in [0.15, 0.2) is 21.8 Å². The summed E-state index contributed by atoms with van der Waals surface area (Å²) in [6, 6.07) is 2.00. The molecule has 0 aliphatic carbocycles. The van der Waals surface area contributed by atoms with Crippen molar-refractivity contribution >= 4 is 33.4 Å². The Labute approximate surface area is 103 Å². The Hall–Kier alpha value is -1.70. The molecule has 5 nitrogen and oxygen atoms in total. The van der Waals surface area contributed by atoms with Crippen LogP contribution in [-0.4, -0.2) is 17.0 Å². The van der Waals surface area contributed by atoms with Crippen LogP contribution in [0.4, 0.5) is 14.5 Å². The van der Waals surface area contributed by atoms with Crippen molar-refractivity contribution in [1.82, 2.24) is 0 Å². The minimum Gasteiger partial charge on any atom is -0.409 e. The molecular formula is C9H8BrF2N3O2. The summed E-state index contributed by atoms with van der Waals surface area (Å²) < 4.78 is 26.8. The molecule has 0 spiro atoms. The van der Waals surface area contributed by atoms with Crippen molar-refractivity contribution in [2.24, 2.45) is 10.9 Å². The number of oxime groups is 1. The third-order valence-electron chi connectivity index (χ3n) is 1.74. The summed E-state index contributed by atoms with van der Waals surface area (Å²) in [5.41, 5.74) is 4.49. The van der Waals surface area contributed by atoms with Gasteiger partial charge in [0.2, 0.25) is 5.91 Å². The van der Waals surface area contributed by atoms with Crippen molar-refractivity contribution in [3.05, 3.63) is 28.2 Å². The highest BCUT2D eigenvalue weighted by Crippen LogP contribution is 2.23. The van der Waals surface area contributed by atoms with Gasteiger partial charge in [-0.15, -0.1) is 0 Å². The van der Waals surface area contributed by atoms with E-state index < -0.39 is 29.6 Å². The lowest BCUT2D eigenvalue weighted by molar-refractivity contribution is -0.115. The van der Waals surface area contributed by atoms with E-state index in [2.05, 4.69) is 21.1 Å². The molecule has 0 saturated carbocycles. The number of rotatable bonds is 3. The second-order valence-electron chi connectivity index (χ2n) is 3.06. The number of hydrogen-bond donors (Lipinski definition) is 3. The van der Waals surface area contributed by atoms with E-state index in [1.54, 1.807) is 0 Å². The Morgan fingerprint density at radius 3 is 2.47 bits per heavy atom. The molecule has 1 aromatic rings. The molecule has 8 heteroatoms. The normalized spacial score (nSPS) is 11.4. The quantitative estimate of drug-likeness (QED) is 0.344. The molecular weight excluding hydrogens is 300 g/mol. The van der Waals surface area contributed by atoms with E-state index in [1.165, 1.54) is 0 Å². The summed E-state index contributed by atoms with van der Waals surface area (Å²) in [6.45, 7) is 0. The lowest BCUT2D eigenvalue weighted by Gasteiger charge is -2.07. The molecule has 0 aliphatic rings. The number of nitrogens with two attached hydrogens (primary N) is 1. The van der Waals surface area contributed by atoms with Crippen LogP contribution in [0.2, 0.25) is 0 Å². The van der Waals surface area contributed by atoms with Crippen molar-refractivity contribution in [1.29, 1.82) is 0 Å². The van der Waals surface area contributed by atoms with E-state index in [9.17, 15) is 13.6 Å². The Morgan fingerprint density at radius 2 is 2.00 bits per heavy atom. The van der Waals surface area contributed by atoms with E-state index >= 15 is 0 Å². The lowest BCUT2D eigenvalue weighted by atomic mass is 10.2. The molecule has 0 atom stereocenters. The van der Waals surface area contributed by atoms with Gasteiger partial charge < -0.3 is 16.3 Å². The molecule has 1 amide bonds. The predicted molar refractivity (Wildman–Crippen MR) is 60.7 cm³/mol. The van der Waals surface area contributed by atoms with Crippen LogP contribution in [0.3, 0.4) is 0 Å². The maximum absolute atomic E-state index is 13.3. The summed E-state index contributed by atoms with van der Waals surface area (Å²) in [5.74, 6) is -3.00. The smallest absolute Gasteiger partial charge is 0.232 e. The minimum atomic E-state index is -0.926. The molecule has 0 radical (unpaired) electrons. The summed E-state index contributed by atoms with van der Waals surface area (Å²) >= 11 is 2.90. The summed E-state index contributed by atoms with van der Waals surface area (Å²) in [6.07, 6.45) is -0.467. The second kappa shape index (κ2) is 5.58. The number of nitrogens with zero attached hydrogens (tertiary/aromatic N) is 1. The van der Waals surface area contributed by atoms with E-state index in [1.807, 2.05) is 5.32 Å². The van der Waals surface area contributed by atoms with Gasteiger partial charge in [-0.2, -0.15) is 0 Å². The van der Waals surface area contributed by atoms with Crippen LogP contribution < -0.4 is 11.1 Å². The standard InChI is InChI=1S/C9H8BrF2N3O2/c10-4-1-5(11)9(6(12)2-4)14-8(16)3-7(13)15-17/h1-2,17H,3H2,(H2,13,15)(H,14,16). The molecule has 0 unspecified atom stereocenters. The molecule has 0 aliphatic heterocycles. The fourth-order valence-electron chi connectivity index (χ4n) is 1.05. The van der Waals surface area contributed by atoms with Crippen molar-refractivity contribution in [2.45, 2.75) is 6.42 Å². The first-order valence-electron chi connectivity index (χ1n) is 4.35. The highest BCUT2D eigenvalue weighted by atomic mass is 79.9. The van der Waals surface area contributed by atoms with Crippen LogP contribution in [0.5, 0.6) is 0 Å². The fourth-order valence-corrected chi connectivity index (χ4v) is 1.45. The number of anilines is 1. The fraction of sp³-hybridized carbons (Fsp3) is 0.111. The van der Waals surface area contributed by atoms with Gasteiger partial charge in [-0.05, 0) is 12.1 Å². The molecule has 92 valence electrons. The van der Waals surface area contributed by atoms with Crippen LogP contribution in [0.1, 0.15) is 6.42 Å². The molecule has 17 heavy (non-hydrogen) atoms. The number of nitrogens with one attached hydrogen (secondary N) is 1. The molecule has 1 rings (SSSR count). The average molecular weight is 308 g/mol. The van der Waals surface area contributed by atoms with Crippen molar-refractivity contribution in [3.8, 4) is 0 Å². The van der Waals surface area contributed by atoms with Crippen LogP contribution in [0, 0.1) is 11.6 Å². The maximum atomic E-state index is 13.3. The first-order valence-corrected chi connectivity index (χ1v) is 5.14. The second-order valence-corrected chi connectivity index (χ2v) is 3.98. The maximum Gasteiger partial charge on any atom is 0.232 e. The zero-order chi connectivity index (χ0) is 13.0. The molecule has 4 N–H and O–H groups in total. The van der Waals surface area contributed by atoms with Gasteiger partial charge in [-0.25, -0.2) is 8.78 Å². The third-order valence-corrected chi connectivity index (χ3v) is 2.20. The zero-order valence-corrected chi connectivity index (χ0v) is 9.96. The lowest BCUT2D eigenvalue weighted by Crippen LogP contribution is -2.22. The topological polar surface area (TPSA) is 87.7 Å². The number of hydrogen-bond acceptors (Lipinski definition) is 3. The van der Waals surface area contributed by atoms with Gasteiger partial charge in [-0.1, -0.05) is 21.1 Å². The third kappa shape index (κ3) is 3.66. The molecule has 0 saturated heterocycles. The first kappa shape index (κ1) is 13.4. The first-order chi connectivity index (χ1) is 7.93.